The van der Waals surface area contributed by atoms with Gasteiger partial charge < -0.3 is 25.3 Å². The molecule has 3 N–H and O–H groups in total. The monoisotopic (exact) mass is 406 g/mol. The second-order valence-electron chi connectivity index (χ2n) is 7.09. The molecule has 0 aliphatic carbocycles. The molecule has 0 saturated carbocycles. The van der Waals surface area contributed by atoms with Gasteiger partial charge in [0, 0.05) is 41.9 Å². The summed E-state index contributed by atoms with van der Waals surface area (Å²) < 4.78 is 5.26. The van der Waals surface area contributed by atoms with E-state index in [9.17, 15) is 14.4 Å². The van der Waals surface area contributed by atoms with E-state index in [1.54, 1.807) is 32.4 Å². The van der Waals surface area contributed by atoms with Crippen LogP contribution < -0.4 is 20.3 Å². The molecule has 0 saturated heterocycles. The summed E-state index contributed by atoms with van der Waals surface area (Å²) in [5.74, 6) is -1.13. The fourth-order valence-electron chi connectivity index (χ4n) is 3.70. The van der Waals surface area contributed by atoms with Gasteiger partial charge in [0.05, 0.1) is 7.11 Å². The summed E-state index contributed by atoms with van der Waals surface area (Å²) in [5.41, 5.74) is 3.38. The Morgan fingerprint density at radius 3 is 2.77 bits per heavy atom. The third-order valence-corrected chi connectivity index (χ3v) is 5.32. The zero-order valence-corrected chi connectivity index (χ0v) is 16.7. The molecule has 2 aromatic carbocycles. The minimum atomic E-state index is -0.856. The molecule has 1 aromatic heterocycles. The molecule has 8 nitrogen and oxygen atoms in total. The molecule has 0 spiro atoms. The number of aromatic amines is 1. The summed E-state index contributed by atoms with van der Waals surface area (Å²) in [6.07, 6.45) is 2.42. The summed E-state index contributed by atoms with van der Waals surface area (Å²) in [7, 11) is 3.25. The third-order valence-electron chi connectivity index (χ3n) is 5.32. The van der Waals surface area contributed by atoms with Crippen LogP contribution in [0.4, 0.5) is 5.69 Å². The van der Waals surface area contributed by atoms with Crippen LogP contribution in [0.2, 0.25) is 0 Å². The van der Waals surface area contributed by atoms with E-state index in [4.69, 9.17) is 4.74 Å². The number of hydrogen-bond acceptors (Lipinski definition) is 4. The zero-order valence-electron chi connectivity index (χ0n) is 16.7. The standard InChI is InChI=1S/C22H22N4O4/c1-26-18-6-4-3-5-15(18)19(22(26)29)25-21(28)20(27)23-10-9-13-12-24-17-8-7-14(30-2)11-16(13)17/h3-8,11-12,19,24H,9-10H2,1-2H3,(H,23,27)(H,25,28)/t19-/m0/s1. The maximum absolute atomic E-state index is 12.4. The summed E-state index contributed by atoms with van der Waals surface area (Å²) in [5, 5.41) is 6.16. The Hall–Kier alpha value is -3.81. The summed E-state index contributed by atoms with van der Waals surface area (Å²) >= 11 is 0. The number of H-pyrrole nitrogens is 1. The molecule has 30 heavy (non-hydrogen) atoms. The van der Waals surface area contributed by atoms with Gasteiger partial charge in [0.1, 0.15) is 11.8 Å². The molecule has 0 fully saturated rings. The zero-order chi connectivity index (χ0) is 21.3. The van der Waals surface area contributed by atoms with Gasteiger partial charge in [0.25, 0.3) is 5.91 Å². The first kappa shape index (κ1) is 19.5. The smallest absolute Gasteiger partial charge is 0.310 e. The van der Waals surface area contributed by atoms with Gasteiger partial charge in [-0.3, -0.25) is 14.4 Å². The molecule has 0 radical (unpaired) electrons. The number of carbonyl (C=O) groups excluding carboxylic acids is 3. The number of rotatable bonds is 5. The third kappa shape index (κ3) is 3.47. The number of nitrogens with zero attached hydrogens (tertiary/aromatic N) is 1. The van der Waals surface area contributed by atoms with Crippen molar-refractivity contribution in [2.24, 2.45) is 0 Å². The van der Waals surface area contributed by atoms with Crippen molar-refractivity contribution in [3.8, 4) is 5.75 Å². The largest absolute Gasteiger partial charge is 0.497 e. The lowest BCUT2D eigenvalue weighted by atomic mass is 10.1. The second kappa shape index (κ2) is 7.90. The normalized spacial score (nSPS) is 15.2. The number of ether oxygens (including phenoxy) is 1. The second-order valence-corrected chi connectivity index (χ2v) is 7.09. The predicted octanol–water partition coefficient (Wildman–Crippen LogP) is 1.67. The van der Waals surface area contributed by atoms with Gasteiger partial charge >= 0.3 is 11.8 Å². The molecule has 2 heterocycles. The van der Waals surface area contributed by atoms with Crippen LogP contribution in [0.5, 0.6) is 5.75 Å². The van der Waals surface area contributed by atoms with Crippen LogP contribution in [0.25, 0.3) is 10.9 Å². The first-order valence-electron chi connectivity index (χ1n) is 9.59. The number of nitrogens with one attached hydrogen (secondary N) is 3. The number of para-hydroxylation sites is 1. The van der Waals surface area contributed by atoms with Gasteiger partial charge in [-0.15, -0.1) is 0 Å². The molecule has 0 bridgehead atoms. The van der Waals surface area contributed by atoms with Crippen LogP contribution in [0, 0.1) is 0 Å². The lowest BCUT2D eigenvalue weighted by Gasteiger charge is -2.13. The Kier molecular flexibility index (Phi) is 5.14. The number of aromatic nitrogens is 1. The van der Waals surface area contributed by atoms with Gasteiger partial charge in [-0.05, 0) is 36.2 Å². The highest BCUT2D eigenvalue weighted by molar-refractivity contribution is 6.35. The average Bonchev–Trinajstić information content (AvgIpc) is 3.27. The maximum Gasteiger partial charge on any atom is 0.310 e. The van der Waals surface area contributed by atoms with Crippen molar-refractivity contribution in [1.29, 1.82) is 0 Å². The van der Waals surface area contributed by atoms with Crippen molar-refractivity contribution in [1.82, 2.24) is 15.6 Å². The van der Waals surface area contributed by atoms with E-state index in [-0.39, 0.29) is 12.5 Å². The van der Waals surface area contributed by atoms with Crippen LogP contribution in [0.3, 0.4) is 0 Å². The molecule has 3 aromatic rings. The number of hydrogen-bond donors (Lipinski definition) is 3. The van der Waals surface area contributed by atoms with E-state index in [0.717, 1.165) is 27.9 Å². The fourth-order valence-corrected chi connectivity index (χ4v) is 3.70. The quantitative estimate of drug-likeness (QED) is 0.561. The average molecular weight is 406 g/mol. The van der Waals surface area contributed by atoms with Crippen LogP contribution >= 0.6 is 0 Å². The van der Waals surface area contributed by atoms with E-state index in [2.05, 4.69) is 15.6 Å². The molecule has 1 atom stereocenters. The number of amides is 3. The first-order chi connectivity index (χ1) is 14.5. The minimum absolute atomic E-state index is 0.273. The summed E-state index contributed by atoms with van der Waals surface area (Å²) in [4.78, 5) is 41.7. The van der Waals surface area contributed by atoms with Crippen molar-refractivity contribution in [2.75, 3.05) is 25.6 Å². The van der Waals surface area contributed by atoms with Crippen molar-refractivity contribution < 1.29 is 19.1 Å². The molecule has 8 heteroatoms. The Labute approximate surface area is 173 Å². The molecule has 154 valence electrons. The molecule has 1 aliphatic heterocycles. The Morgan fingerprint density at radius 2 is 1.97 bits per heavy atom. The fraction of sp³-hybridized carbons (Fsp3) is 0.227. The van der Waals surface area contributed by atoms with Gasteiger partial charge in [0.15, 0.2) is 0 Å². The number of benzene rings is 2. The van der Waals surface area contributed by atoms with Gasteiger partial charge in [0.2, 0.25) is 0 Å². The van der Waals surface area contributed by atoms with Crippen molar-refractivity contribution in [2.45, 2.75) is 12.5 Å². The highest BCUT2D eigenvalue weighted by Crippen LogP contribution is 2.34. The van der Waals surface area contributed by atoms with E-state index < -0.39 is 17.9 Å². The SMILES string of the molecule is COc1ccc2[nH]cc(CCNC(=O)C(=O)N[C@@H]3C(=O)N(C)c4ccccc43)c2c1. The topological polar surface area (TPSA) is 104 Å². The molecule has 3 amide bonds. The number of likely N-dealkylation sites (N-methyl/N-ethyl adjacent to an activating group) is 1. The van der Waals surface area contributed by atoms with Crippen molar-refractivity contribution in [3.05, 3.63) is 59.8 Å². The number of carbonyl (C=O) groups is 3. The maximum atomic E-state index is 12.4. The summed E-state index contributed by atoms with van der Waals surface area (Å²) in [6, 6.07) is 12.0. The van der Waals surface area contributed by atoms with Crippen molar-refractivity contribution in [3.63, 3.8) is 0 Å². The lowest BCUT2D eigenvalue weighted by Crippen LogP contribution is -2.44. The highest BCUT2D eigenvalue weighted by Gasteiger charge is 2.36. The number of anilines is 1. The Bertz CT molecular complexity index is 1140. The molecule has 0 unspecified atom stereocenters. The van der Waals surface area contributed by atoms with E-state index in [1.807, 2.05) is 30.5 Å². The van der Waals surface area contributed by atoms with E-state index >= 15 is 0 Å². The van der Waals surface area contributed by atoms with Crippen molar-refractivity contribution >= 4 is 34.3 Å². The van der Waals surface area contributed by atoms with Gasteiger partial charge in [-0.2, -0.15) is 0 Å². The minimum Gasteiger partial charge on any atom is -0.497 e. The molecule has 4 rings (SSSR count). The lowest BCUT2D eigenvalue weighted by molar-refractivity contribution is -0.140. The van der Waals surface area contributed by atoms with Gasteiger partial charge in [-0.25, -0.2) is 0 Å². The van der Waals surface area contributed by atoms with Crippen LogP contribution in [-0.2, 0) is 20.8 Å². The predicted molar refractivity (Wildman–Crippen MR) is 112 cm³/mol. The van der Waals surface area contributed by atoms with Crippen LogP contribution in [-0.4, -0.2) is 43.4 Å². The van der Waals surface area contributed by atoms with E-state index in [0.29, 0.717) is 12.0 Å². The first-order valence-corrected chi connectivity index (χ1v) is 9.59. The molecular weight excluding hydrogens is 384 g/mol. The van der Waals surface area contributed by atoms with Crippen LogP contribution in [0.1, 0.15) is 17.2 Å². The number of fused-ring (bicyclic) bond motifs is 2. The molecule has 1 aliphatic rings. The Balaban J connectivity index is 1.36. The number of methoxy groups -OCH3 is 1. The molecular formula is C22H22N4O4. The highest BCUT2D eigenvalue weighted by atomic mass is 16.5. The van der Waals surface area contributed by atoms with E-state index in [1.165, 1.54) is 4.90 Å². The van der Waals surface area contributed by atoms with Crippen LogP contribution in [0.15, 0.2) is 48.7 Å². The Morgan fingerprint density at radius 1 is 1.17 bits per heavy atom. The van der Waals surface area contributed by atoms with Gasteiger partial charge in [-0.1, -0.05) is 18.2 Å². The summed E-state index contributed by atoms with van der Waals surface area (Å²) in [6.45, 7) is 0.283.